The molecule has 1 aliphatic rings. The van der Waals surface area contributed by atoms with Crippen LogP contribution >= 0.6 is 15.9 Å². The number of aliphatic hydroxyl groups excluding tert-OH is 1. The zero-order chi connectivity index (χ0) is 15.6. The van der Waals surface area contributed by atoms with Gasteiger partial charge in [0.05, 0.1) is 22.5 Å². The summed E-state index contributed by atoms with van der Waals surface area (Å²) in [4.78, 5) is 0. The van der Waals surface area contributed by atoms with Crippen molar-refractivity contribution in [2.45, 2.75) is 72.4 Å². The van der Waals surface area contributed by atoms with Gasteiger partial charge in [-0.3, -0.25) is 4.68 Å². The topological polar surface area (TPSA) is 38.0 Å². The molecule has 0 saturated heterocycles. The number of aliphatic hydroxyl groups is 1. The Morgan fingerprint density at radius 2 is 1.95 bits per heavy atom. The number of rotatable bonds is 4. The van der Waals surface area contributed by atoms with Gasteiger partial charge in [0.1, 0.15) is 0 Å². The lowest BCUT2D eigenvalue weighted by Gasteiger charge is -2.38. The van der Waals surface area contributed by atoms with Gasteiger partial charge >= 0.3 is 0 Å². The van der Waals surface area contributed by atoms with Crippen LogP contribution < -0.4 is 0 Å². The number of hydrogen-bond acceptors (Lipinski definition) is 2. The Morgan fingerprint density at radius 1 is 1.33 bits per heavy atom. The maximum atomic E-state index is 10.8. The largest absolute Gasteiger partial charge is 0.386 e. The molecule has 2 rings (SSSR count). The molecule has 1 aromatic heterocycles. The van der Waals surface area contributed by atoms with Crippen LogP contribution in [-0.2, 0) is 6.54 Å². The lowest BCUT2D eigenvalue weighted by Crippen LogP contribution is -2.28. The Bertz CT molecular complexity index is 456. The van der Waals surface area contributed by atoms with Crippen LogP contribution in [0.15, 0.2) is 10.7 Å². The third-order valence-corrected chi connectivity index (χ3v) is 5.60. The van der Waals surface area contributed by atoms with Crippen molar-refractivity contribution in [3.63, 3.8) is 0 Å². The molecule has 1 fully saturated rings. The average Bonchev–Trinajstić information content (AvgIpc) is 2.79. The second-order valence-electron chi connectivity index (χ2n) is 7.52. The third-order valence-electron chi connectivity index (χ3n) is 4.99. The second-order valence-corrected chi connectivity index (χ2v) is 8.38. The van der Waals surface area contributed by atoms with Gasteiger partial charge < -0.3 is 5.11 Å². The van der Waals surface area contributed by atoms with Crippen molar-refractivity contribution < 1.29 is 5.11 Å². The zero-order valence-electron chi connectivity index (χ0n) is 13.8. The third kappa shape index (κ3) is 3.89. The summed E-state index contributed by atoms with van der Waals surface area (Å²) in [5.74, 6) is 1.15. The summed E-state index contributed by atoms with van der Waals surface area (Å²) >= 11 is 3.55. The summed E-state index contributed by atoms with van der Waals surface area (Å²) in [5.41, 5.74) is 1.36. The molecule has 1 aromatic rings. The summed E-state index contributed by atoms with van der Waals surface area (Å²) in [6, 6.07) is 0. The molecule has 21 heavy (non-hydrogen) atoms. The van der Waals surface area contributed by atoms with E-state index in [-0.39, 0.29) is 0 Å². The molecule has 1 unspecified atom stereocenters. The first-order valence-corrected chi connectivity index (χ1v) is 9.03. The smallest absolute Gasteiger partial charge is 0.0996 e. The van der Waals surface area contributed by atoms with E-state index in [9.17, 15) is 5.11 Å². The SMILES string of the molecule is CCCn1ncc(Br)c1C(O)C1CCC(C(C)(C)C)CC1. The molecule has 4 heteroatoms. The van der Waals surface area contributed by atoms with Crippen LogP contribution in [0.1, 0.15) is 71.6 Å². The Morgan fingerprint density at radius 3 is 2.48 bits per heavy atom. The highest BCUT2D eigenvalue weighted by Gasteiger charge is 2.34. The molecule has 1 N–H and O–H groups in total. The number of halogens is 1. The van der Waals surface area contributed by atoms with E-state index in [0.29, 0.717) is 11.3 Å². The van der Waals surface area contributed by atoms with E-state index in [1.807, 2.05) is 10.9 Å². The lowest BCUT2D eigenvalue weighted by atomic mass is 9.68. The van der Waals surface area contributed by atoms with Crippen LogP contribution in [0.25, 0.3) is 0 Å². The fourth-order valence-electron chi connectivity index (χ4n) is 3.58. The second kappa shape index (κ2) is 6.82. The van der Waals surface area contributed by atoms with Crippen molar-refractivity contribution in [2.75, 3.05) is 0 Å². The fraction of sp³-hybridized carbons (Fsp3) is 0.824. The van der Waals surface area contributed by atoms with Gasteiger partial charge in [-0.05, 0) is 65.3 Å². The number of aromatic nitrogens is 2. The van der Waals surface area contributed by atoms with E-state index in [4.69, 9.17) is 0 Å². The lowest BCUT2D eigenvalue weighted by molar-refractivity contribution is 0.0467. The van der Waals surface area contributed by atoms with Gasteiger partial charge in [0, 0.05) is 6.54 Å². The summed E-state index contributed by atoms with van der Waals surface area (Å²) < 4.78 is 2.91. The van der Waals surface area contributed by atoms with Gasteiger partial charge in [-0.15, -0.1) is 0 Å². The minimum atomic E-state index is -0.394. The molecule has 3 nitrogen and oxygen atoms in total. The molecule has 1 aliphatic carbocycles. The first kappa shape index (κ1) is 17.0. The monoisotopic (exact) mass is 356 g/mol. The summed E-state index contributed by atoms with van der Waals surface area (Å²) in [5, 5.41) is 15.2. The van der Waals surface area contributed by atoms with E-state index in [2.05, 4.69) is 48.7 Å². The molecular formula is C17H29BrN2O. The van der Waals surface area contributed by atoms with Crippen molar-refractivity contribution in [3.8, 4) is 0 Å². The normalized spacial score (nSPS) is 25.0. The van der Waals surface area contributed by atoms with Crippen molar-refractivity contribution in [2.24, 2.45) is 17.3 Å². The van der Waals surface area contributed by atoms with E-state index in [1.54, 1.807) is 0 Å². The number of aryl methyl sites for hydroxylation is 1. The Hall–Kier alpha value is -0.350. The highest BCUT2D eigenvalue weighted by Crippen LogP contribution is 2.44. The molecule has 0 spiro atoms. The molecule has 120 valence electrons. The van der Waals surface area contributed by atoms with Gasteiger partial charge in [-0.2, -0.15) is 5.10 Å². The summed E-state index contributed by atoms with van der Waals surface area (Å²) in [6.07, 6.45) is 7.14. The molecule has 0 aliphatic heterocycles. The van der Waals surface area contributed by atoms with E-state index in [0.717, 1.165) is 41.9 Å². The Kier molecular flexibility index (Phi) is 5.53. The van der Waals surface area contributed by atoms with Crippen molar-refractivity contribution in [1.29, 1.82) is 0 Å². The van der Waals surface area contributed by atoms with Crippen molar-refractivity contribution in [1.82, 2.24) is 9.78 Å². The maximum Gasteiger partial charge on any atom is 0.0996 e. The number of hydrogen-bond donors (Lipinski definition) is 1. The van der Waals surface area contributed by atoms with Crippen LogP contribution in [0.3, 0.4) is 0 Å². The van der Waals surface area contributed by atoms with Gasteiger partial charge in [0.2, 0.25) is 0 Å². The highest BCUT2D eigenvalue weighted by molar-refractivity contribution is 9.10. The average molecular weight is 357 g/mol. The summed E-state index contributed by atoms with van der Waals surface area (Å²) in [6.45, 7) is 10.0. The Balaban J connectivity index is 2.05. The number of nitrogens with zero attached hydrogens (tertiary/aromatic N) is 2. The Labute approximate surface area is 137 Å². The van der Waals surface area contributed by atoms with Crippen LogP contribution in [0, 0.1) is 17.3 Å². The van der Waals surface area contributed by atoms with Gasteiger partial charge in [0.15, 0.2) is 0 Å². The molecule has 0 aromatic carbocycles. The molecule has 1 heterocycles. The van der Waals surface area contributed by atoms with Gasteiger partial charge in [0.25, 0.3) is 0 Å². The molecule has 0 bridgehead atoms. The molecule has 0 radical (unpaired) electrons. The van der Waals surface area contributed by atoms with Crippen LogP contribution in [-0.4, -0.2) is 14.9 Å². The quantitative estimate of drug-likeness (QED) is 0.829. The minimum absolute atomic E-state index is 0.368. The van der Waals surface area contributed by atoms with Gasteiger partial charge in [-0.1, -0.05) is 27.7 Å². The van der Waals surface area contributed by atoms with E-state index >= 15 is 0 Å². The van der Waals surface area contributed by atoms with Crippen molar-refractivity contribution in [3.05, 3.63) is 16.4 Å². The highest BCUT2D eigenvalue weighted by atomic mass is 79.9. The van der Waals surface area contributed by atoms with Crippen molar-refractivity contribution >= 4 is 15.9 Å². The van der Waals surface area contributed by atoms with Crippen LogP contribution in [0.5, 0.6) is 0 Å². The zero-order valence-corrected chi connectivity index (χ0v) is 15.4. The van der Waals surface area contributed by atoms with Crippen LogP contribution in [0.2, 0.25) is 0 Å². The van der Waals surface area contributed by atoms with E-state index < -0.39 is 6.10 Å². The standard InChI is InChI=1S/C17H29BrN2O/c1-5-10-20-15(14(18)11-19-20)16(21)12-6-8-13(9-7-12)17(2,3)4/h11-13,16,21H,5-10H2,1-4H3. The summed E-state index contributed by atoms with van der Waals surface area (Å²) in [7, 11) is 0. The molecule has 0 amide bonds. The molecular weight excluding hydrogens is 328 g/mol. The maximum absolute atomic E-state index is 10.8. The predicted molar refractivity (Wildman–Crippen MR) is 90.1 cm³/mol. The molecule has 1 atom stereocenters. The molecule has 1 saturated carbocycles. The predicted octanol–water partition coefficient (Wildman–Crippen LogP) is 4.94. The first-order valence-electron chi connectivity index (χ1n) is 8.23. The van der Waals surface area contributed by atoms with Gasteiger partial charge in [-0.25, -0.2) is 0 Å². The van der Waals surface area contributed by atoms with E-state index in [1.165, 1.54) is 12.8 Å². The first-order chi connectivity index (χ1) is 9.84. The fourth-order valence-corrected chi connectivity index (χ4v) is 4.11. The minimum Gasteiger partial charge on any atom is -0.386 e. The van der Waals surface area contributed by atoms with Crippen LogP contribution in [0.4, 0.5) is 0 Å².